The summed E-state index contributed by atoms with van der Waals surface area (Å²) >= 11 is 0. The summed E-state index contributed by atoms with van der Waals surface area (Å²) in [4.78, 5) is 11.6. The molecule has 0 atom stereocenters. The molecule has 0 radical (unpaired) electrons. The predicted octanol–water partition coefficient (Wildman–Crippen LogP) is 5.05. The van der Waals surface area contributed by atoms with Crippen LogP contribution >= 0.6 is 0 Å². The van der Waals surface area contributed by atoms with Gasteiger partial charge in [-0.3, -0.25) is 4.79 Å². The lowest BCUT2D eigenvalue weighted by Gasteiger charge is -2.42. The van der Waals surface area contributed by atoms with Crippen LogP contribution in [-0.2, 0) is 14.0 Å². The third-order valence-corrected chi connectivity index (χ3v) is 9.90. The van der Waals surface area contributed by atoms with Crippen LogP contribution in [0.15, 0.2) is 0 Å². The van der Waals surface area contributed by atoms with Crippen molar-refractivity contribution in [1.29, 1.82) is 0 Å². The molecule has 1 fully saturated rings. The molecule has 0 bridgehead atoms. The number of ether oxygens (including phenoxy) is 1. The highest BCUT2D eigenvalue weighted by Gasteiger charge is 2.41. The van der Waals surface area contributed by atoms with Crippen molar-refractivity contribution in [3.8, 4) is 0 Å². The number of esters is 1. The fourth-order valence-corrected chi connectivity index (χ4v) is 6.50. The molecule has 1 aliphatic carbocycles. The molecule has 0 aromatic carbocycles. The molecule has 0 aromatic rings. The van der Waals surface area contributed by atoms with Crippen molar-refractivity contribution in [2.24, 2.45) is 0 Å². The quantitative estimate of drug-likeness (QED) is 0.357. The average molecular weight is 315 g/mol. The fraction of sp³-hybridized carbons (Fsp3) is 0.941. The van der Waals surface area contributed by atoms with Gasteiger partial charge in [-0.15, -0.1) is 0 Å². The molecule has 1 aliphatic rings. The predicted molar refractivity (Wildman–Crippen MR) is 90.0 cm³/mol. The fourth-order valence-electron chi connectivity index (χ4n) is 3.39. The first-order valence-electron chi connectivity index (χ1n) is 8.91. The standard InChI is InChI=1S/C17H34O3Si/c1-5-16(18)19-15-17(13-11-9-10-12-14-17)20-21(6-2,7-3)8-4/h5-15H2,1-4H3. The van der Waals surface area contributed by atoms with Crippen LogP contribution in [0.1, 0.15) is 72.6 Å². The minimum Gasteiger partial charge on any atom is -0.463 e. The van der Waals surface area contributed by atoms with Crippen LogP contribution in [0.3, 0.4) is 0 Å². The molecule has 0 unspecified atom stereocenters. The lowest BCUT2D eigenvalue weighted by Crippen LogP contribution is -2.50. The van der Waals surface area contributed by atoms with Gasteiger partial charge in [0.1, 0.15) is 6.61 Å². The van der Waals surface area contributed by atoms with Crippen LogP contribution in [0.25, 0.3) is 0 Å². The molecule has 0 aliphatic heterocycles. The van der Waals surface area contributed by atoms with Crippen molar-refractivity contribution in [2.45, 2.75) is 96.4 Å². The van der Waals surface area contributed by atoms with Gasteiger partial charge in [0.2, 0.25) is 0 Å². The van der Waals surface area contributed by atoms with E-state index in [-0.39, 0.29) is 11.6 Å². The second-order valence-electron chi connectivity index (χ2n) is 6.46. The summed E-state index contributed by atoms with van der Waals surface area (Å²) in [5.74, 6) is -0.0982. The zero-order valence-electron chi connectivity index (χ0n) is 14.5. The van der Waals surface area contributed by atoms with Gasteiger partial charge in [-0.25, -0.2) is 0 Å². The SMILES string of the molecule is CCC(=O)OCC1(O[Si](CC)(CC)CC)CCCCCC1. The lowest BCUT2D eigenvalue weighted by atomic mass is 9.96. The highest BCUT2D eigenvalue weighted by Crippen LogP contribution is 2.37. The van der Waals surface area contributed by atoms with Crippen LogP contribution in [0, 0.1) is 0 Å². The molecular weight excluding hydrogens is 280 g/mol. The van der Waals surface area contributed by atoms with Gasteiger partial charge in [-0.2, -0.15) is 0 Å². The van der Waals surface area contributed by atoms with E-state index in [0.717, 1.165) is 31.0 Å². The third-order valence-electron chi connectivity index (χ3n) is 5.17. The number of hydrogen-bond donors (Lipinski definition) is 0. The Hall–Kier alpha value is -0.353. The minimum atomic E-state index is -1.67. The Balaban J connectivity index is 2.86. The van der Waals surface area contributed by atoms with Crippen molar-refractivity contribution in [3.05, 3.63) is 0 Å². The van der Waals surface area contributed by atoms with E-state index in [2.05, 4.69) is 20.8 Å². The van der Waals surface area contributed by atoms with E-state index in [1.165, 1.54) is 25.7 Å². The number of rotatable bonds is 8. The molecule has 4 heteroatoms. The molecule has 0 heterocycles. The molecule has 0 amide bonds. The Morgan fingerprint density at radius 1 is 0.952 bits per heavy atom. The zero-order chi connectivity index (χ0) is 15.8. The van der Waals surface area contributed by atoms with E-state index in [1.54, 1.807) is 0 Å². The van der Waals surface area contributed by atoms with E-state index in [9.17, 15) is 4.79 Å². The maximum Gasteiger partial charge on any atom is 0.305 e. The van der Waals surface area contributed by atoms with Gasteiger partial charge in [0.15, 0.2) is 8.32 Å². The highest BCUT2D eigenvalue weighted by molar-refractivity contribution is 6.73. The summed E-state index contributed by atoms with van der Waals surface area (Å²) < 4.78 is 12.4. The van der Waals surface area contributed by atoms with Gasteiger partial charge >= 0.3 is 5.97 Å². The lowest BCUT2D eigenvalue weighted by molar-refractivity contribution is -0.150. The summed E-state index contributed by atoms with van der Waals surface area (Å²) in [6, 6.07) is 3.47. The van der Waals surface area contributed by atoms with E-state index < -0.39 is 8.32 Å². The molecule has 0 aromatic heterocycles. The van der Waals surface area contributed by atoms with Crippen molar-refractivity contribution in [3.63, 3.8) is 0 Å². The molecule has 124 valence electrons. The van der Waals surface area contributed by atoms with Crippen molar-refractivity contribution in [1.82, 2.24) is 0 Å². The topological polar surface area (TPSA) is 35.5 Å². The smallest absolute Gasteiger partial charge is 0.305 e. The number of carbonyl (C=O) groups excluding carboxylic acids is 1. The van der Waals surface area contributed by atoms with E-state index in [1.807, 2.05) is 6.92 Å². The zero-order valence-corrected chi connectivity index (χ0v) is 15.5. The Labute approximate surface area is 131 Å². The summed E-state index contributed by atoms with van der Waals surface area (Å²) in [6.45, 7) is 9.12. The second kappa shape index (κ2) is 8.94. The van der Waals surface area contributed by atoms with Gasteiger partial charge in [0.25, 0.3) is 0 Å². The average Bonchev–Trinajstić information content (AvgIpc) is 2.76. The summed E-state index contributed by atoms with van der Waals surface area (Å²) in [7, 11) is -1.67. The Morgan fingerprint density at radius 2 is 1.48 bits per heavy atom. The summed E-state index contributed by atoms with van der Waals surface area (Å²) in [5, 5.41) is 0. The normalized spacial score (nSPS) is 19.0. The van der Waals surface area contributed by atoms with Crippen molar-refractivity contribution >= 4 is 14.3 Å². The molecule has 0 saturated heterocycles. The van der Waals surface area contributed by atoms with E-state index in [0.29, 0.717) is 13.0 Å². The third kappa shape index (κ3) is 5.40. The molecule has 1 rings (SSSR count). The van der Waals surface area contributed by atoms with E-state index in [4.69, 9.17) is 9.16 Å². The van der Waals surface area contributed by atoms with Crippen LogP contribution in [0.5, 0.6) is 0 Å². The summed E-state index contributed by atoms with van der Waals surface area (Å²) in [5.41, 5.74) is -0.199. The van der Waals surface area contributed by atoms with Gasteiger partial charge in [0, 0.05) is 6.42 Å². The minimum absolute atomic E-state index is 0.0982. The highest BCUT2D eigenvalue weighted by atomic mass is 28.4. The number of carbonyl (C=O) groups is 1. The van der Waals surface area contributed by atoms with Gasteiger partial charge < -0.3 is 9.16 Å². The second-order valence-corrected chi connectivity index (χ2v) is 11.1. The van der Waals surface area contributed by atoms with Gasteiger partial charge in [-0.1, -0.05) is 53.4 Å². The van der Waals surface area contributed by atoms with Gasteiger partial charge in [-0.05, 0) is 31.0 Å². The Bertz CT molecular complexity index is 297. The van der Waals surface area contributed by atoms with Crippen LogP contribution < -0.4 is 0 Å². The first-order valence-corrected chi connectivity index (χ1v) is 11.4. The maximum atomic E-state index is 11.6. The van der Waals surface area contributed by atoms with Crippen LogP contribution in [-0.4, -0.2) is 26.5 Å². The monoisotopic (exact) mass is 314 g/mol. The first-order chi connectivity index (χ1) is 10.1. The molecule has 0 spiro atoms. The van der Waals surface area contributed by atoms with Crippen LogP contribution in [0.4, 0.5) is 0 Å². The van der Waals surface area contributed by atoms with E-state index >= 15 is 0 Å². The molecule has 21 heavy (non-hydrogen) atoms. The van der Waals surface area contributed by atoms with Crippen LogP contribution in [0.2, 0.25) is 18.1 Å². The molecular formula is C17H34O3Si. The molecule has 1 saturated carbocycles. The Kier molecular flexibility index (Phi) is 7.96. The summed E-state index contributed by atoms with van der Waals surface area (Å²) in [6.07, 6.45) is 7.53. The first kappa shape index (κ1) is 18.7. The largest absolute Gasteiger partial charge is 0.463 e. The van der Waals surface area contributed by atoms with Crippen molar-refractivity contribution < 1.29 is 14.0 Å². The maximum absolute atomic E-state index is 11.6. The molecule has 3 nitrogen and oxygen atoms in total. The molecule has 0 N–H and O–H groups in total. The number of hydrogen-bond acceptors (Lipinski definition) is 3. The van der Waals surface area contributed by atoms with Crippen molar-refractivity contribution in [2.75, 3.05) is 6.61 Å². The van der Waals surface area contributed by atoms with Gasteiger partial charge in [0.05, 0.1) is 5.60 Å². The Morgan fingerprint density at radius 3 is 1.90 bits per heavy atom.